The average Bonchev–Trinajstić information content (AvgIpc) is 3.56. The van der Waals surface area contributed by atoms with Crippen LogP contribution in [-0.4, -0.2) is 18.0 Å². The van der Waals surface area contributed by atoms with E-state index in [9.17, 15) is 0 Å². The van der Waals surface area contributed by atoms with E-state index < -0.39 is 26.7 Å². The summed E-state index contributed by atoms with van der Waals surface area (Å²) in [5.74, 6) is 0. The fraction of sp³-hybridized carbons (Fsp3) is 0.294. The number of aryl methyl sites for hydroxylation is 1. The number of nitrogens with zero attached hydrogens (tertiary/aromatic N) is 2. The van der Waals surface area contributed by atoms with Gasteiger partial charge in [0, 0.05) is 55.7 Å². The normalized spacial score (nSPS) is 16.4. The number of fused-ring (bicyclic) bond motifs is 4. The molecular formula is C51H52IrN2OSi-2. The van der Waals surface area contributed by atoms with E-state index in [1.807, 2.05) is 42.6 Å². The number of hydrogen-bond donors (Lipinski definition) is 0. The number of aromatic nitrogens is 2. The Morgan fingerprint density at radius 1 is 0.750 bits per heavy atom. The van der Waals surface area contributed by atoms with Gasteiger partial charge in [-0.3, -0.25) is 0 Å². The molecule has 287 valence electrons. The van der Waals surface area contributed by atoms with Crippen molar-refractivity contribution in [1.29, 1.82) is 0 Å². The number of furan rings is 1. The Bertz CT molecular complexity index is 2960. The van der Waals surface area contributed by atoms with Gasteiger partial charge in [-0.15, -0.1) is 54.1 Å². The minimum absolute atomic E-state index is 0. The predicted octanol–water partition coefficient (Wildman–Crippen LogP) is 13.3. The first-order valence-corrected chi connectivity index (χ1v) is 22.7. The van der Waals surface area contributed by atoms with Gasteiger partial charge in [-0.25, -0.2) is 0 Å². The topological polar surface area (TPSA) is 38.9 Å². The van der Waals surface area contributed by atoms with E-state index in [-0.39, 0.29) is 42.1 Å². The standard InChI is InChI=1S/C37H36NO.C14H16NSi.Ir/c1-21-20-38-29(18-24(21)19-35(2,3)4)26-13-10-12-25-27-17-23-16-15-22-11-9-14-28-30(22)31(23)32(34(27)39-33(25)26)37(7,8)36(28,5)6;1-16(2,3)13-9-10-14(15-11-13)12-7-5-4-6-8-12;/h9-12,14-18,20H,19H2,1-8H3;4-7,9-11H,1-3H3;/q2*-1;/i1D3,19D2;;. The molecule has 1 radical (unpaired) electrons. The molecule has 3 aromatic heterocycles. The molecule has 0 amide bonds. The van der Waals surface area contributed by atoms with Crippen LogP contribution in [0, 0.1) is 24.4 Å². The van der Waals surface area contributed by atoms with Crippen molar-refractivity contribution in [3.8, 4) is 22.5 Å². The van der Waals surface area contributed by atoms with Gasteiger partial charge >= 0.3 is 0 Å². The van der Waals surface area contributed by atoms with Crippen molar-refractivity contribution in [1.82, 2.24) is 9.97 Å². The van der Waals surface area contributed by atoms with Gasteiger partial charge in [0.1, 0.15) is 5.58 Å². The Hall–Kier alpha value is -4.41. The van der Waals surface area contributed by atoms with E-state index in [0.717, 1.165) is 33.0 Å². The van der Waals surface area contributed by atoms with Crippen LogP contribution in [0.15, 0.2) is 108 Å². The van der Waals surface area contributed by atoms with E-state index in [0.29, 0.717) is 16.8 Å². The monoisotopic (exact) mass is 934 g/mol. The van der Waals surface area contributed by atoms with Crippen LogP contribution < -0.4 is 5.19 Å². The molecule has 0 spiro atoms. The maximum absolute atomic E-state index is 8.99. The second-order valence-corrected chi connectivity index (χ2v) is 23.2. The van der Waals surface area contributed by atoms with Crippen LogP contribution in [0.25, 0.3) is 66.0 Å². The van der Waals surface area contributed by atoms with Crippen LogP contribution in [-0.2, 0) is 37.3 Å². The summed E-state index contributed by atoms with van der Waals surface area (Å²) in [6, 6.07) is 37.4. The zero-order valence-electron chi connectivity index (χ0n) is 39.0. The van der Waals surface area contributed by atoms with E-state index in [4.69, 9.17) is 11.3 Å². The van der Waals surface area contributed by atoms with Crippen LogP contribution in [0.2, 0.25) is 19.6 Å². The summed E-state index contributed by atoms with van der Waals surface area (Å²) < 4.78 is 49.2. The van der Waals surface area contributed by atoms with Crippen molar-refractivity contribution in [2.24, 2.45) is 5.41 Å². The van der Waals surface area contributed by atoms with Gasteiger partial charge in [0.2, 0.25) is 0 Å². The predicted molar refractivity (Wildman–Crippen MR) is 236 cm³/mol. The van der Waals surface area contributed by atoms with E-state index >= 15 is 0 Å². The van der Waals surface area contributed by atoms with Crippen molar-refractivity contribution in [2.45, 2.75) is 92.2 Å². The molecule has 9 rings (SSSR count). The van der Waals surface area contributed by atoms with Gasteiger partial charge in [-0.1, -0.05) is 133 Å². The smallest absolute Gasteiger partial charge is 0.125 e. The van der Waals surface area contributed by atoms with Crippen molar-refractivity contribution in [3.05, 3.63) is 138 Å². The Kier molecular flexibility index (Phi) is 8.55. The van der Waals surface area contributed by atoms with Gasteiger partial charge in [-0.2, -0.15) is 0 Å². The van der Waals surface area contributed by atoms with Crippen LogP contribution in [0.4, 0.5) is 0 Å². The molecule has 3 nitrogen and oxygen atoms in total. The molecule has 3 heterocycles. The van der Waals surface area contributed by atoms with Crippen LogP contribution >= 0.6 is 0 Å². The molecule has 0 N–H and O–H groups in total. The largest absolute Gasteiger partial charge is 0.500 e. The fourth-order valence-corrected chi connectivity index (χ4v) is 9.11. The molecule has 0 saturated heterocycles. The summed E-state index contributed by atoms with van der Waals surface area (Å²) in [4.78, 5) is 9.09. The number of pyridine rings is 2. The van der Waals surface area contributed by atoms with Gasteiger partial charge in [0.25, 0.3) is 0 Å². The Balaban J connectivity index is 0.000000278. The molecule has 56 heavy (non-hydrogen) atoms. The molecule has 0 saturated carbocycles. The molecule has 0 bridgehead atoms. The maximum Gasteiger partial charge on any atom is 0.125 e. The first kappa shape index (κ1) is 33.7. The third-order valence-electron chi connectivity index (χ3n) is 11.7. The van der Waals surface area contributed by atoms with E-state index in [2.05, 4.69) is 118 Å². The molecular weight excluding hydrogens is 877 g/mol. The molecule has 1 aliphatic carbocycles. The summed E-state index contributed by atoms with van der Waals surface area (Å²) in [7, 11) is -1.23. The van der Waals surface area contributed by atoms with Crippen molar-refractivity contribution >= 4 is 56.7 Å². The quantitative estimate of drug-likeness (QED) is 0.100. The summed E-state index contributed by atoms with van der Waals surface area (Å²) in [5.41, 5.74) is 5.73. The fourth-order valence-electron chi connectivity index (χ4n) is 8.07. The molecule has 8 aromatic rings. The second kappa shape index (κ2) is 14.2. The van der Waals surface area contributed by atoms with Crippen LogP contribution in [0.5, 0.6) is 0 Å². The van der Waals surface area contributed by atoms with E-state index in [1.165, 1.54) is 38.7 Å². The van der Waals surface area contributed by atoms with Crippen molar-refractivity contribution < 1.29 is 31.4 Å². The molecule has 1 aliphatic rings. The third kappa shape index (κ3) is 6.76. The maximum atomic E-state index is 8.99. The van der Waals surface area contributed by atoms with E-state index in [1.54, 1.807) is 26.8 Å². The summed E-state index contributed by atoms with van der Waals surface area (Å²) >= 11 is 0. The number of hydrogen-bond acceptors (Lipinski definition) is 3. The Morgan fingerprint density at radius 2 is 1.52 bits per heavy atom. The minimum atomic E-state index is -2.52. The first-order valence-electron chi connectivity index (χ1n) is 21.7. The molecule has 0 fully saturated rings. The second-order valence-electron chi connectivity index (χ2n) is 18.1. The van der Waals surface area contributed by atoms with Gasteiger partial charge < -0.3 is 14.4 Å². The summed E-state index contributed by atoms with van der Waals surface area (Å²) in [5, 5.41) is 8.19. The molecule has 0 unspecified atom stereocenters. The Labute approximate surface area is 354 Å². The summed E-state index contributed by atoms with van der Waals surface area (Å²) in [6.07, 6.45) is 1.38. The van der Waals surface area contributed by atoms with Gasteiger partial charge in [0.15, 0.2) is 0 Å². The molecule has 0 aliphatic heterocycles. The van der Waals surface area contributed by atoms with Gasteiger partial charge in [0.05, 0.1) is 13.7 Å². The zero-order chi connectivity index (χ0) is 43.4. The first-order chi connectivity index (χ1) is 27.9. The summed E-state index contributed by atoms with van der Waals surface area (Å²) in [6.45, 7) is 19.0. The average molecular weight is 934 g/mol. The SMILES string of the molecule is C[Si](C)(C)c1ccc(-c2[c-]cccc2)nc1.[2H]C([2H])([2H])c1cnc(-c2[c-]ccc3c2oc2c4c5c(ccc6cccc(c65)C(C)(C)C4(C)C)cc23)cc1C([2H])([2H])C(C)(C)C.[Ir]. The van der Waals surface area contributed by atoms with Crippen molar-refractivity contribution in [2.75, 3.05) is 0 Å². The van der Waals surface area contributed by atoms with Gasteiger partial charge in [-0.05, 0) is 79.4 Å². The number of rotatable bonds is 4. The van der Waals surface area contributed by atoms with Crippen LogP contribution in [0.1, 0.15) is 77.6 Å². The van der Waals surface area contributed by atoms with Crippen molar-refractivity contribution in [3.63, 3.8) is 0 Å². The Morgan fingerprint density at radius 3 is 2.20 bits per heavy atom. The molecule has 5 aromatic carbocycles. The molecule has 0 atom stereocenters. The number of benzene rings is 5. The zero-order valence-corrected chi connectivity index (χ0v) is 37.3. The third-order valence-corrected chi connectivity index (χ3v) is 13.7. The van der Waals surface area contributed by atoms with Crippen LogP contribution in [0.3, 0.4) is 0 Å². The molecule has 5 heteroatoms. The minimum Gasteiger partial charge on any atom is -0.500 e.